The second-order valence-corrected chi connectivity index (χ2v) is 7.35. The first kappa shape index (κ1) is 22.4. The maximum atomic E-state index is 2.52. The molecule has 0 aliphatic rings. The van der Waals surface area contributed by atoms with Gasteiger partial charge in [0.05, 0.1) is 5.54 Å². The van der Waals surface area contributed by atoms with Crippen molar-refractivity contribution in [2.75, 3.05) is 4.90 Å². The van der Waals surface area contributed by atoms with Gasteiger partial charge in [-0.05, 0) is 41.8 Å². The summed E-state index contributed by atoms with van der Waals surface area (Å²) in [6.07, 6.45) is 2.07. The average Bonchev–Trinajstić information content (AvgIpc) is 2.81. The van der Waals surface area contributed by atoms with Crippen LogP contribution in [0.15, 0.2) is 121 Å². The van der Waals surface area contributed by atoms with Crippen LogP contribution in [0.3, 0.4) is 0 Å². The van der Waals surface area contributed by atoms with E-state index in [0.717, 1.165) is 12.8 Å². The first-order valence-electron chi connectivity index (χ1n) is 10.4. The van der Waals surface area contributed by atoms with Crippen molar-refractivity contribution in [1.29, 1.82) is 0 Å². The van der Waals surface area contributed by atoms with E-state index in [-0.39, 0.29) is 36.5 Å². The van der Waals surface area contributed by atoms with E-state index in [1.165, 1.54) is 22.5 Å². The quantitative estimate of drug-likeness (QED) is 0.406. The van der Waals surface area contributed by atoms with Crippen molar-refractivity contribution in [3.8, 4) is 0 Å². The van der Waals surface area contributed by atoms with Crippen LogP contribution >= 0.6 is 0 Å². The minimum atomic E-state index is -0.306. The molecule has 0 aromatic heterocycles. The van der Waals surface area contributed by atoms with E-state index < -0.39 is 0 Å². The fourth-order valence-electron chi connectivity index (χ4n) is 4.36. The molecule has 0 unspecified atom stereocenters. The monoisotopic (exact) mass is 401 g/mol. The molecule has 0 N–H and O–H groups in total. The summed E-state index contributed by atoms with van der Waals surface area (Å²) < 4.78 is 0. The number of nitrogens with zero attached hydrogens (tertiary/aromatic N) is 1. The molecule has 0 spiro atoms. The molecule has 0 saturated heterocycles. The van der Waals surface area contributed by atoms with Crippen molar-refractivity contribution in [2.24, 2.45) is 0 Å². The largest absolute Gasteiger partial charge is 1.00 e. The van der Waals surface area contributed by atoms with Gasteiger partial charge in [-0.2, -0.15) is 0 Å². The smallest absolute Gasteiger partial charge is 1.00 e. The van der Waals surface area contributed by atoms with Gasteiger partial charge >= 0.3 is 29.6 Å². The minimum Gasteiger partial charge on any atom is -1.00 e. The molecule has 146 valence electrons. The topological polar surface area (TPSA) is 3.24 Å². The summed E-state index contributed by atoms with van der Waals surface area (Å²) in [5.74, 6) is 0. The van der Waals surface area contributed by atoms with Gasteiger partial charge in [0.15, 0.2) is 0 Å². The maximum Gasteiger partial charge on any atom is 1.00 e. The van der Waals surface area contributed by atoms with E-state index in [1.54, 1.807) is 0 Å². The molecule has 0 heterocycles. The van der Waals surface area contributed by atoms with Crippen LogP contribution in [0.2, 0.25) is 0 Å². The predicted octanol–water partition coefficient (Wildman–Crippen LogP) is 4.69. The first-order valence-corrected chi connectivity index (χ1v) is 10.4. The predicted molar refractivity (Wildman–Crippen MR) is 125 cm³/mol. The van der Waals surface area contributed by atoms with Crippen LogP contribution in [0.4, 0.5) is 11.4 Å². The van der Waals surface area contributed by atoms with Crippen LogP contribution in [-0.4, -0.2) is 0 Å². The van der Waals surface area contributed by atoms with Crippen LogP contribution in [0.1, 0.15) is 32.3 Å². The third-order valence-corrected chi connectivity index (χ3v) is 5.53. The van der Waals surface area contributed by atoms with Crippen molar-refractivity contribution in [3.05, 3.63) is 132 Å². The van der Waals surface area contributed by atoms with E-state index >= 15 is 0 Å². The SMILES string of the molecule is CCCC(c1ccccc1)(c1ccccc1)N(c1ccccc1)c1ccccc1.[H-].[Na+]. The maximum absolute atomic E-state index is 2.52. The van der Waals surface area contributed by atoms with Crippen molar-refractivity contribution in [3.63, 3.8) is 0 Å². The van der Waals surface area contributed by atoms with Crippen molar-refractivity contribution in [2.45, 2.75) is 25.3 Å². The Bertz CT molecular complexity index is 929. The molecule has 0 aliphatic carbocycles. The third-order valence-electron chi connectivity index (χ3n) is 5.53. The van der Waals surface area contributed by atoms with Gasteiger partial charge in [0.1, 0.15) is 0 Å². The van der Waals surface area contributed by atoms with Gasteiger partial charge in [-0.3, -0.25) is 0 Å². The Labute approximate surface area is 204 Å². The molecule has 0 aliphatic heterocycles. The molecule has 0 radical (unpaired) electrons. The van der Waals surface area contributed by atoms with Crippen molar-refractivity contribution < 1.29 is 31.0 Å². The fraction of sp³-hybridized carbons (Fsp3) is 0.143. The van der Waals surface area contributed by atoms with Crippen LogP contribution in [-0.2, 0) is 5.54 Å². The Balaban J connectivity index is 0.00000171. The van der Waals surface area contributed by atoms with Gasteiger partial charge in [0.25, 0.3) is 0 Å². The van der Waals surface area contributed by atoms with Crippen LogP contribution in [0.25, 0.3) is 0 Å². The molecule has 4 aromatic rings. The molecular formula is C28H28NNa. The van der Waals surface area contributed by atoms with Gasteiger partial charge in [0, 0.05) is 11.4 Å². The van der Waals surface area contributed by atoms with Gasteiger partial charge < -0.3 is 6.33 Å². The van der Waals surface area contributed by atoms with E-state index in [0.29, 0.717) is 0 Å². The average molecular weight is 402 g/mol. The molecule has 4 rings (SSSR count). The Morgan fingerprint density at radius 3 is 1.23 bits per heavy atom. The van der Waals surface area contributed by atoms with Gasteiger partial charge in [-0.1, -0.05) is 110 Å². The summed E-state index contributed by atoms with van der Waals surface area (Å²) in [6, 6.07) is 43.4. The Hall–Kier alpha value is -2.32. The van der Waals surface area contributed by atoms with Crippen LogP contribution in [0.5, 0.6) is 0 Å². The second kappa shape index (κ2) is 10.6. The van der Waals surface area contributed by atoms with Crippen LogP contribution in [0, 0.1) is 0 Å². The Morgan fingerprint density at radius 1 is 0.567 bits per heavy atom. The zero-order valence-electron chi connectivity index (χ0n) is 18.9. The van der Waals surface area contributed by atoms with Crippen molar-refractivity contribution in [1.82, 2.24) is 0 Å². The van der Waals surface area contributed by atoms with Gasteiger partial charge in [-0.15, -0.1) is 0 Å². The molecule has 0 saturated carbocycles. The number of hydrogen-bond acceptors (Lipinski definition) is 1. The number of rotatable bonds is 7. The zero-order valence-corrected chi connectivity index (χ0v) is 19.9. The summed E-state index contributed by atoms with van der Waals surface area (Å²) in [7, 11) is 0. The molecule has 0 atom stereocenters. The normalized spacial score (nSPS) is 10.8. The number of para-hydroxylation sites is 2. The summed E-state index contributed by atoms with van der Waals surface area (Å²) in [4.78, 5) is 2.52. The number of benzene rings is 4. The fourth-order valence-corrected chi connectivity index (χ4v) is 4.36. The first-order chi connectivity index (χ1) is 14.4. The molecule has 4 aromatic carbocycles. The molecule has 1 nitrogen and oxygen atoms in total. The molecule has 0 fully saturated rings. The van der Waals surface area contributed by atoms with Crippen LogP contribution < -0.4 is 34.5 Å². The minimum absolute atomic E-state index is 0. The summed E-state index contributed by atoms with van der Waals surface area (Å²) >= 11 is 0. The number of hydrogen-bond donors (Lipinski definition) is 0. The standard InChI is InChI=1S/C28H27N.Na.H/c1-2-23-28(24-15-7-3-8-16-24,25-17-9-4-10-18-25)29(26-19-11-5-12-20-26)27-21-13-6-14-22-27;;/h3-22H,2,23H2,1H3;;/q;+1;-1. The molecule has 30 heavy (non-hydrogen) atoms. The van der Waals surface area contributed by atoms with E-state index in [1.807, 2.05) is 0 Å². The third kappa shape index (κ3) is 4.39. The van der Waals surface area contributed by atoms with E-state index in [4.69, 9.17) is 0 Å². The van der Waals surface area contributed by atoms with Gasteiger partial charge in [0.2, 0.25) is 0 Å². The Kier molecular flexibility index (Phi) is 7.93. The van der Waals surface area contributed by atoms with E-state index in [9.17, 15) is 0 Å². The molecular weight excluding hydrogens is 373 g/mol. The van der Waals surface area contributed by atoms with Gasteiger partial charge in [-0.25, -0.2) is 0 Å². The zero-order chi connectivity index (χ0) is 19.9. The second-order valence-electron chi connectivity index (χ2n) is 7.35. The molecule has 0 bridgehead atoms. The number of anilines is 2. The van der Waals surface area contributed by atoms with E-state index in [2.05, 4.69) is 133 Å². The molecule has 2 heteroatoms. The summed E-state index contributed by atoms with van der Waals surface area (Å²) in [5.41, 5.74) is 4.70. The summed E-state index contributed by atoms with van der Waals surface area (Å²) in [5, 5.41) is 0. The van der Waals surface area contributed by atoms with Crippen molar-refractivity contribution >= 4 is 11.4 Å². The Morgan fingerprint density at radius 2 is 0.900 bits per heavy atom. The molecule has 0 amide bonds. The summed E-state index contributed by atoms with van der Waals surface area (Å²) in [6.45, 7) is 2.27.